The van der Waals surface area contributed by atoms with Gasteiger partial charge in [-0.3, -0.25) is 0 Å². The summed E-state index contributed by atoms with van der Waals surface area (Å²) < 4.78 is 40.2. The van der Waals surface area contributed by atoms with Crippen LogP contribution in [0, 0.1) is 11.7 Å². The third-order valence-corrected chi connectivity index (χ3v) is 5.07. The van der Waals surface area contributed by atoms with Gasteiger partial charge in [0.2, 0.25) is 10.0 Å². The number of piperidine rings is 1. The van der Waals surface area contributed by atoms with E-state index in [0.29, 0.717) is 6.54 Å². The molecule has 0 radical (unpaired) electrons. The number of hydrogen-bond acceptors (Lipinski definition) is 4. The summed E-state index contributed by atoms with van der Waals surface area (Å²) in [6, 6.07) is 3.80. The molecule has 7 heteroatoms. The number of benzene rings is 1. The van der Waals surface area contributed by atoms with Crippen LogP contribution in [0.15, 0.2) is 23.1 Å². The van der Waals surface area contributed by atoms with Gasteiger partial charge in [0.15, 0.2) is 0 Å². The van der Waals surface area contributed by atoms with Gasteiger partial charge < -0.3 is 10.6 Å². The van der Waals surface area contributed by atoms with Gasteiger partial charge in [0.1, 0.15) is 10.7 Å². The number of para-hydroxylation sites is 1. The number of anilines is 1. The molecule has 1 heterocycles. The fourth-order valence-electron chi connectivity index (χ4n) is 2.50. The smallest absolute Gasteiger partial charge is 0.242 e. The van der Waals surface area contributed by atoms with Crippen LogP contribution in [0.25, 0.3) is 0 Å². The fraction of sp³-hybridized carbons (Fsp3) is 0.538. The predicted octanol–water partition coefficient (Wildman–Crippen LogP) is 1.03. The van der Waals surface area contributed by atoms with Crippen LogP contribution in [-0.2, 0) is 10.0 Å². The molecule has 0 aliphatic carbocycles. The number of likely N-dealkylation sites (tertiary alicyclic amines) is 1. The number of nitrogen functional groups attached to an aromatic ring is 1. The summed E-state index contributed by atoms with van der Waals surface area (Å²) in [7, 11) is -1.74. The predicted molar refractivity (Wildman–Crippen MR) is 76.2 cm³/mol. The monoisotopic (exact) mass is 301 g/mol. The maximum Gasteiger partial charge on any atom is 0.242 e. The zero-order chi connectivity index (χ0) is 14.8. The minimum absolute atomic E-state index is 0.193. The largest absolute Gasteiger partial charge is 0.395 e. The number of nitrogens with one attached hydrogen (secondary N) is 1. The molecular weight excluding hydrogens is 281 g/mol. The highest BCUT2D eigenvalue weighted by molar-refractivity contribution is 7.89. The second-order valence-corrected chi connectivity index (χ2v) is 7.01. The Hall–Kier alpha value is -1.18. The molecular formula is C13H20FN3O2S. The van der Waals surface area contributed by atoms with Crippen molar-refractivity contribution < 1.29 is 12.8 Å². The number of hydrogen-bond donors (Lipinski definition) is 2. The molecule has 20 heavy (non-hydrogen) atoms. The van der Waals surface area contributed by atoms with Crippen LogP contribution in [-0.4, -0.2) is 40.0 Å². The maximum absolute atomic E-state index is 13.3. The highest BCUT2D eigenvalue weighted by Gasteiger charge is 2.23. The summed E-state index contributed by atoms with van der Waals surface area (Å²) in [5.74, 6) is -0.441. The molecule has 1 aromatic carbocycles. The fourth-order valence-corrected chi connectivity index (χ4v) is 3.75. The first kappa shape index (κ1) is 15.2. The first-order valence-corrected chi connectivity index (χ1v) is 8.10. The van der Waals surface area contributed by atoms with Gasteiger partial charge in [0.25, 0.3) is 0 Å². The molecule has 0 spiro atoms. The quantitative estimate of drug-likeness (QED) is 0.815. The van der Waals surface area contributed by atoms with E-state index in [2.05, 4.69) is 9.62 Å². The van der Waals surface area contributed by atoms with Gasteiger partial charge in [-0.15, -0.1) is 0 Å². The van der Waals surface area contributed by atoms with E-state index in [1.807, 2.05) is 7.05 Å². The van der Waals surface area contributed by atoms with Crippen LogP contribution in [0.5, 0.6) is 0 Å². The molecule has 1 atom stereocenters. The second-order valence-electron chi connectivity index (χ2n) is 5.27. The first-order chi connectivity index (χ1) is 9.40. The lowest BCUT2D eigenvalue weighted by Crippen LogP contribution is -2.39. The van der Waals surface area contributed by atoms with Gasteiger partial charge in [-0.05, 0) is 44.5 Å². The summed E-state index contributed by atoms with van der Waals surface area (Å²) in [4.78, 5) is 1.99. The zero-order valence-electron chi connectivity index (χ0n) is 11.5. The van der Waals surface area contributed by atoms with Crippen LogP contribution in [0.2, 0.25) is 0 Å². The summed E-state index contributed by atoms with van der Waals surface area (Å²) in [6.07, 6.45) is 2.05. The van der Waals surface area contributed by atoms with E-state index >= 15 is 0 Å². The Bertz CT molecular complexity index is 577. The van der Waals surface area contributed by atoms with Crippen LogP contribution in [0.3, 0.4) is 0 Å². The van der Waals surface area contributed by atoms with Crippen molar-refractivity contribution in [3.05, 3.63) is 24.0 Å². The van der Waals surface area contributed by atoms with Gasteiger partial charge in [-0.1, -0.05) is 6.07 Å². The third-order valence-electron chi connectivity index (χ3n) is 3.59. The Morgan fingerprint density at radius 3 is 2.95 bits per heavy atom. The van der Waals surface area contributed by atoms with Crippen molar-refractivity contribution in [3.63, 3.8) is 0 Å². The molecule has 2 rings (SSSR count). The minimum Gasteiger partial charge on any atom is -0.395 e. The maximum atomic E-state index is 13.3. The van der Waals surface area contributed by atoms with Crippen LogP contribution >= 0.6 is 0 Å². The van der Waals surface area contributed by atoms with Crippen molar-refractivity contribution in [1.29, 1.82) is 0 Å². The van der Waals surface area contributed by atoms with E-state index < -0.39 is 15.8 Å². The molecule has 1 aliphatic rings. The topological polar surface area (TPSA) is 75.4 Å². The molecule has 1 unspecified atom stereocenters. The van der Waals surface area contributed by atoms with Gasteiger partial charge in [0, 0.05) is 13.1 Å². The average Bonchev–Trinajstić information content (AvgIpc) is 2.40. The normalized spacial score (nSPS) is 21.0. The average molecular weight is 301 g/mol. The molecule has 3 N–H and O–H groups in total. The molecule has 5 nitrogen and oxygen atoms in total. The van der Waals surface area contributed by atoms with Crippen molar-refractivity contribution in [2.24, 2.45) is 5.92 Å². The van der Waals surface area contributed by atoms with Crippen molar-refractivity contribution in [1.82, 2.24) is 9.62 Å². The van der Waals surface area contributed by atoms with Crippen LogP contribution in [0.4, 0.5) is 10.1 Å². The highest BCUT2D eigenvalue weighted by atomic mass is 32.2. The Balaban J connectivity index is 2.06. The van der Waals surface area contributed by atoms with Crippen molar-refractivity contribution >= 4 is 15.7 Å². The lowest BCUT2D eigenvalue weighted by molar-refractivity contribution is 0.211. The summed E-state index contributed by atoms with van der Waals surface area (Å²) in [5.41, 5.74) is 5.16. The Labute approximate surface area is 119 Å². The molecule has 0 bridgehead atoms. The van der Waals surface area contributed by atoms with E-state index in [-0.39, 0.29) is 16.5 Å². The van der Waals surface area contributed by atoms with Crippen LogP contribution in [0.1, 0.15) is 12.8 Å². The van der Waals surface area contributed by atoms with Gasteiger partial charge in [0.05, 0.1) is 5.69 Å². The number of rotatable bonds is 4. The number of sulfonamides is 1. The van der Waals surface area contributed by atoms with E-state index in [9.17, 15) is 12.8 Å². The lowest BCUT2D eigenvalue weighted by atomic mass is 9.99. The van der Waals surface area contributed by atoms with E-state index in [1.165, 1.54) is 12.1 Å². The van der Waals surface area contributed by atoms with Crippen molar-refractivity contribution in [2.45, 2.75) is 17.7 Å². The molecule has 1 aromatic rings. The summed E-state index contributed by atoms with van der Waals surface area (Å²) >= 11 is 0. The molecule has 1 aliphatic heterocycles. The second kappa shape index (κ2) is 6.07. The number of nitrogens with two attached hydrogens (primary N) is 1. The van der Waals surface area contributed by atoms with Crippen molar-refractivity contribution in [3.8, 4) is 0 Å². The molecule has 0 amide bonds. The van der Waals surface area contributed by atoms with E-state index in [0.717, 1.165) is 32.0 Å². The third kappa shape index (κ3) is 3.47. The van der Waals surface area contributed by atoms with Crippen LogP contribution < -0.4 is 10.5 Å². The molecule has 112 valence electrons. The SMILES string of the molecule is CN1CCCC(CNS(=O)(=O)c2cccc(F)c2N)C1. The Morgan fingerprint density at radius 1 is 1.50 bits per heavy atom. The Kier molecular flexibility index (Phi) is 4.62. The molecule has 1 saturated heterocycles. The number of nitrogens with zero attached hydrogens (tertiary/aromatic N) is 1. The zero-order valence-corrected chi connectivity index (χ0v) is 12.3. The minimum atomic E-state index is -3.76. The lowest BCUT2D eigenvalue weighted by Gasteiger charge is -2.29. The van der Waals surface area contributed by atoms with Gasteiger partial charge in [-0.25, -0.2) is 17.5 Å². The molecule has 1 fully saturated rings. The highest BCUT2D eigenvalue weighted by Crippen LogP contribution is 2.21. The summed E-state index contributed by atoms with van der Waals surface area (Å²) in [5, 5.41) is 0. The Morgan fingerprint density at radius 2 is 2.25 bits per heavy atom. The first-order valence-electron chi connectivity index (χ1n) is 6.62. The van der Waals surface area contributed by atoms with Gasteiger partial charge in [-0.2, -0.15) is 0 Å². The standard InChI is InChI=1S/C13H20FN3O2S/c1-17-7-3-4-10(9-17)8-16-20(18,19)12-6-2-5-11(14)13(12)15/h2,5-6,10,16H,3-4,7-9,15H2,1H3. The van der Waals surface area contributed by atoms with Crippen molar-refractivity contribution in [2.75, 3.05) is 32.4 Å². The number of halogens is 1. The van der Waals surface area contributed by atoms with E-state index in [1.54, 1.807) is 0 Å². The molecule has 0 saturated carbocycles. The summed E-state index contributed by atoms with van der Waals surface area (Å²) in [6.45, 7) is 2.25. The van der Waals surface area contributed by atoms with Gasteiger partial charge >= 0.3 is 0 Å². The van der Waals surface area contributed by atoms with E-state index in [4.69, 9.17) is 5.73 Å². The molecule has 0 aromatic heterocycles.